The molecule has 1 aromatic heterocycles. The normalized spacial score (nSPS) is 16.3. The summed E-state index contributed by atoms with van der Waals surface area (Å²) in [7, 11) is 1.54. The molecular formula is C27H29ClF3N3O4S. The van der Waals surface area contributed by atoms with Gasteiger partial charge in [0.1, 0.15) is 5.75 Å². The smallest absolute Gasteiger partial charge is 0.249 e. The molecule has 1 aliphatic heterocycles. The summed E-state index contributed by atoms with van der Waals surface area (Å²) in [5.41, 5.74) is 2.05. The molecule has 2 heterocycles. The predicted molar refractivity (Wildman–Crippen MR) is 143 cm³/mol. The number of rotatable bonds is 10. The van der Waals surface area contributed by atoms with Crippen LogP contribution >= 0.6 is 23.4 Å². The van der Waals surface area contributed by atoms with Gasteiger partial charge in [0.25, 0.3) is 0 Å². The summed E-state index contributed by atoms with van der Waals surface area (Å²) in [4.78, 5) is 19.5. The second kappa shape index (κ2) is 12.7. The Labute approximate surface area is 233 Å². The highest BCUT2D eigenvalue weighted by atomic mass is 35.5. The number of piperidine rings is 1. The van der Waals surface area contributed by atoms with Gasteiger partial charge in [0.2, 0.25) is 5.91 Å². The number of aliphatic hydroxyl groups is 1. The van der Waals surface area contributed by atoms with Crippen molar-refractivity contribution >= 4 is 40.2 Å². The van der Waals surface area contributed by atoms with Crippen molar-refractivity contribution in [1.82, 2.24) is 15.4 Å². The first-order valence-corrected chi connectivity index (χ1v) is 13.8. The van der Waals surface area contributed by atoms with E-state index in [1.807, 2.05) is 0 Å². The Bertz CT molecular complexity index is 1320. The summed E-state index contributed by atoms with van der Waals surface area (Å²) in [6.45, 7) is 1.68. The average molecular weight is 584 g/mol. The Hall–Kier alpha value is -2.57. The Morgan fingerprint density at radius 2 is 1.92 bits per heavy atom. The fourth-order valence-electron chi connectivity index (χ4n) is 5.01. The number of carbonyl (C=O) groups is 1. The maximum absolute atomic E-state index is 13.5. The van der Waals surface area contributed by atoms with Crippen molar-refractivity contribution in [3.8, 4) is 5.75 Å². The summed E-state index contributed by atoms with van der Waals surface area (Å²) < 4.78 is 45.4. The van der Waals surface area contributed by atoms with Crippen LogP contribution in [0.3, 0.4) is 0 Å². The van der Waals surface area contributed by atoms with Crippen LogP contribution in [0.2, 0.25) is 5.02 Å². The third-order valence-corrected chi connectivity index (χ3v) is 8.58. The largest absolute Gasteiger partial charge is 0.497 e. The van der Waals surface area contributed by atoms with Gasteiger partial charge < -0.3 is 14.7 Å². The van der Waals surface area contributed by atoms with Crippen molar-refractivity contribution in [2.24, 2.45) is 5.41 Å². The Morgan fingerprint density at radius 1 is 1.23 bits per heavy atom. The molecule has 0 saturated carbocycles. The minimum Gasteiger partial charge on any atom is -0.497 e. The summed E-state index contributed by atoms with van der Waals surface area (Å²) in [5.74, 6) is -3.34. The Kier molecular flexibility index (Phi) is 9.60. The minimum absolute atomic E-state index is 0.223. The molecule has 3 aromatic rings. The number of benzene rings is 2. The number of ether oxygens (including phenoxy) is 1. The van der Waals surface area contributed by atoms with E-state index < -0.39 is 34.9 Å². The maximum atomic E-state index is 13.5. The van der Waals surface area contributed by atoms with E-state index in [1.165, 1.54) is 18.0 Å². The molecule has 1 saturated heterocycles. The van der Waals surface area contributed by atoms with Crippen LogP contribution in [-0.4, -0.2) is 58.6 Å². The molecule has 0 radical (unpaired) electrons. The van der Waals surface area contributed by atoms with Gasteiger partial charge in [-0.3, -0.25) is 15.0 Å². The first-order chi connectivity index (χ1) is 18.7. The van der Waals surface area contributed by atoms with Gasteiger partial charge in [-0.1, -0.05) is 11.6 Å². The minimum atomic E-state index is -1.49. The summed E-state index contributed by atoms with van der Waals surface area (Å²) in [6, 6.07) is 7.24. The zero-order valence-electron chi connectivity index (χ0n) is 21.2. The van der Waals surface area contributed by atoms with Gasteiger partial charge >= 0.3 is 0 Å². The molecule has 12 heteroatoms. The van der Waals surface area contributed by atoms with E-state index >= 15 is 0 Å². The maximum Gasteiger partial charge on any atom is 0.249 e. The molecule has 7 nitrogen and oxygen atoms in total. The second-order valence-corrected chi connectivity index (χ2v) is 11.1. The molecule has 39 heavy (non-hydrogen) atoms. The van der Waals surface area contributed by atoms with Gasteiger partial charge in [-0.25, -0.2) is 18.7 Å². The summed E-state index contributed by atoms with van der Waals surface area (Å²) >= 11 is 7.64. The number of methoxy groups -OCH3 is 1. The van der Waals surface area contributed by atoms with E-state index in [0.29, 0.717) is 76.8 Å². The molecule has 2 aromatic carbocycles. The monoisotopic (exact) mass is 583 g/mol. The number of hydrogen-bond donors (Lipinski definition) is 3. The highest BCUT2D eigenvalue weighted by molar-refractivity contribution is 7.99. The third kappa shape index (κ3) is 6.60. The zero-order chi connectivity index (χ0) is 28.2. The Balaban J connectivity index is 1.39. The molecule has 0 unspecified atom stereocenters. The number of hydroxylamine groups is 1. The number of carbonyl (C=O) groups excluding carboxylic acids is 1. The number of nitrogens with one attached hydrogen (secondary N) is 1. The fourth-order valence-corrected chi connectivity index (χ4v) is 6.25. The van der Waals surface area contributed by atoms with Gasteiger partial charge in [0, 0.05) is 34.3 Å². The van der Waals surface area contributed by atoms with Crippen LogP contribution in [0.25, 0.3) is 10.9 Å². The molecule has 0 aliphatic carbocycles. The number of amides is 1. The molecule has 210 valence electrons. The molecule has 1 amide bonds. The molecule has 0 spiro atoms. The SMILES string of the molecule is COc1ccc2ncc(Cl)c([C@H](O)CCC3(C(=O)NO)CCN(CCSc4cc(F)c(F)c(F)c4)CC3)c2c1. The number of likely N-dealkylation sites (tertiary alicyclic amines) is 1. The summed E-state index contributed by atoms with van der Waals surface area (Å²) in [5, 5.41) is 21.6. The fraction of sp³-hybridized carbons (Fsp3) is 0.407. The standard InChI is InChI=1S/C27H29ClF3N3O4S/c1-38-16-2-3-22-18(12-16)24(19(28)15-32-22)23(35)4-5-27(26(36)33-37)6-8-34(9-7-27)10-11-39-17-13-20(29)25(31)21(30)14-17/h2-3,12-15,23,35,37H,4-11H2,1H3,(H,33,36)/t23-/m1/s1. The number of aliphatic hydroxyl groups excluding tert-OH is 1. The van der Waals surface area contributed by atoms with Crippen LogP contribution in [0.1, 0.15) is 37.4 Å². The van der Waals surface area contributed by atoms with Crippen molar-refractivity contribution in [1.29, 1.82) is 0 Å². The lowest BCUT2D eigenvalue weighted by atomic mass is 9.73. The molecule has 1 atom stereocenters. The number of nitrogens with zero attached hydrogens (tertiary/aromatic N) is 2. The van der Waals surface area contributed by atoms with Gasteiger partial charge in [0.05, 0.1) is 29.2 Å². The van der Waals surface area contributed by atoms with Gasteiger partial charge in [-0.15, -0.1) is 11.8 Å². The average Bonchev–Trinajstić information content (AvgIpc) is 2.94. The van der Waals surface area contributed by atoms with Crippen molar-refractivity contribution in [3.05, 3.63) is 64.6 Å². The van der Waals surface area contributed by atoms with E-state index in [9.17, 15) is 28.3 Å². The van der Waals surface area contributed by atoms with Gasteiger partial charge in [-0.05, 0) is 69.1 Å². The van der Waals surface area contributed by atoms with E-state index in [-0.39, 0.29) is 6.42 Å². The number of halogens is 4. The van der Waals surface area contributed by atoms with Crippen LogP contribution in [0.15, 0.2) is 41.4 Å². The number of fused-ring (bicyclic) bond motifs is 1. The Morgan fingerprint density at radius 3 is 2.56 bits per heavy atom. The number of aromatic nitrogens is 1. The first-order valence-electron chi connectivity index (χ1n) is 12.4. The van der Waals surface area contributed by atoms with E-state index in [2.05, 4.69) is 9.88 Å². The number of hydrogen-bond acceptors (Lipinski definition) is 7. The van der Waals surface area contributed by atoms with Crippen LogP contribution in [0.5, 0.6) is 5.75 Å². The lowest BCUT2D eigenvalue weighted by Crippen LogP contribution is -2.48. The van der Waals surface area contributed by atoms with E-state index in [4.69, 9.17) is 16.3 Å². The number of thioether (sulfide) groups is 1. The van der Waals surface area contributed by atoms with Crippen molar-refractivity contribution < 1.29 is 33.0 Å². The van der Waals surface area contributed by atoms with Crippen LogP contribution in [-0.2, 0) is 4.79 Å². The third-order valence-electron chi connectivity index (χ3n) is 7.33. The molecule has 0 bridgehead atoms. The van der Waals surface area contributed by atoms with Gasteiger partial charge in [-0.2, -0.15) is 0 Å². The van der Waals surface area contributed by atoms with Crippen molar-refractivity contribution in [2.45, 2.75) is 36.7 Å². The van der Waals surface area contributed by atoms with Crippen LogP contribution in [0, 0.1) is 22.9 Å². The van der Waals surface area contributed by atoms with Gasteiger partial charge in [0.15, 0.2) is 17.5 Å². The molecule has 1 fully saturated rings. The first kappa shape index (κ1) is 29.4. The number of pyridine rings is 1. The quantitative estimate of drug-likeness (QED) is 0.125. The van der Waals surface area contributed by atoms with Crippen molar-refractivity contribution in [2.75, 3.05) is 32.5 Å². The van der Waals surface area contributed by atoms with E-state index in [1.54, 1.807) is 30.8 Å². The highest BCUT2D eigenvalue weighted by Gasteiger charge is 2.41. The molecule has 3 N–H and O–H groups in total. The molecule has 4 rings (SSSR count). The van der Waals surface area contributed by atoms with Crippen LogP contribution < -0.4 is 10.2 Å². The second-order valence-electron chi connectivity index (χ2n) is 9.57. The zero-order valence-corrected chi connectivity index (χ0v) is 22.8. The predicted octanol–water partition coefficient (Wildman–Crippen LogP) is 5.51. The highest BCUT2D eigenvalue weighted by Crippen LogP contribution is 2.41. The van der Waals surface area contributed by atoms with Crippen LogP contribution in [0.4, 0.5) is 13.2 Å². The van der Waals surface area contributed by atoms with E-state index in [0.717, 1.165) is 12.1 Å². The lowest BCUT2D eigenvalue weighted by molar-refractivity contribution is -0.143. The lowest BCUT2D eigenvalue weighted by Gasteiger charge is -2.40. The molecule has 1 aliphatic rings. The summed E-state index contributed by atoms with van der Waals surface area (Å²) in [6.07, 6.45) is 1.91. The topological polar surface area (TPSA) is 94.9 Å². The van der Waals surface area contributed by atoms with Crippen molar-refractivity contribution in [3.63, 3.8) is 0 Å². The molecular weight excluding hydrogens is 555 g/mol.